The normalized spacial score (nSPS) is 12.2. The molecule has 1 aliphatic rings. The first kappa shape index (κ1) is 31.1. The molecule has 0 bridgehead atoms. The summed E-state index contributed by atoms with van der Waals surface area (Å²) in [5, 5.41) is 0. The monoisotopic (exact) mass is 773 g/mol. The maximum atomic E-state index is 5.74. The van der Waals surface area contributed by atoms with Crippen LogP contribution in [-0.4, -0.2) is 9.97 Å². The molecule has 7 aromatic rings. The third-order valence-corrected chi connectivity index (χ3v) is 8.40. The van der Waals surface area contributed by atoms with Gasteiger partial charge in [-0.2, -0.15) is 0 Å². The molecular weight excluding hydrogens is 741 g/mol. The molecule has 0 saturated heterocycles. The Kier molecular flexibility index (Phi) is 8.94. The van der Waals surface area contributed by atoms with Gasteiger partial charge in [0.05, 0.1) is 6.20 Å². The van der Waals surface area contributed by atoms with Crippen molar-refractivity contribution in [3.05, 3.63) is 169 Å². The Labute approximate surface area is 284 Å². The van der Waals surface area contributed by atoms with Crippen molar-refractivity contribution in [1.82, 2.24) is 9.97 Å². The Morgan fingerprint density at radius 2 is 1.28 bits per heavy atom. The third kappa shape index (κ3) is 6.02. The first-order valence-corrected chi connectivity index (χ1v) is 15.2. The SMILES string of the molecule is Cc1cnc(-c2[c-]ccc3c2C(C)(C)c2ccccc2-3)o1.[Ir].[c-]1ccc(-c2ccccc2)cc1-c1cc(-c2ccccc2)ccn1. The zero-order chi connectivity index (χ0) is 30.8. The van der Waals surface area contributed by atoms with Crippen LogP contribution in [0, 0.1) is 19.1 Å². The molecule has 0 spiro atoms. The van der Waals surface area contributed by atoms with Crippen LogP contribution in [0.15, 0.2) is 144 Å². The standard InChI is InChI=1S/C23H16N.C19H16NO.Ir/c1-3-8-18(9-4-1)20-12-7-13-22(16-20)23-17-21(14-15-24-23)19-10-5-2-6-11-19;1-12-11-20-18(21-12)15-9-6-8-14-13-7-4-5-10-16(13)19(2,3)17(14)15;/h1-12,14-17H;4-8,10-11H,1-3H3;/q2*-1;. The van der Waals surface area contributed by atoms with Gasteiger partial charge in [0.15, 0.2) is 0 Å². The Balaban J connectivity index is 0.000000159. The van der Waals surface area contributed by atoms with Crippen LogP contribution < -0.4 is 0 Å². The van der Waals surface area contributed by atoms with Gasteiger partial charge in [-0.15, -0.1) is 59.2 Å². The maximum Gasteiger partial charge on any atom is 0.141 e. The zero-order valence-electron chi connectivity index (χ0n) is 25.9. The van der Waals surface area contributed by atoms with Gasteiger partial charge in [0, 0.05) is 26.3 Å². The van der Waals surface area contributed by atoms with Crippen molar-refractivity contribution in [2.24, 2.45) is 0 Å². The van der Waals surface area contributed by atoms with E-state index in [0.717, 1.165) is 22.6 Å². The summed E-state index contributed by atoms with van der Waals surface area (Å²) >= 11 is 0. The molecule has 0 unspecified atom stereocenters. The van der Waals surface area contributed by atoms with Gasteiger partial charge >= 0.3 is 0 Å². The number of nitrogens with zero attached hydrogens (tertiary/aromatic N) is 2. The van der Waals surface area contributed by atoms with E-state index in [1.165, 1.54) is 44.5 Å². The Morgan fingerprint density at radius 3 is 1.98 bits per heavy atom. The molecule has 46 heavy (non-hydrogen) atoms. The van der Waals surface area contributed by atoms with Crippen molar-refractivity contribution in [2.75, 3.05) is 0 Å². The molecule has 0 N–H and O–H groups in total. The fourth-order valence-electron chi connectivity index (χ4n) is 6.22. The number of rotatable bonds is 4. The summed E-state index contributed by atoms with van der Waals surface area (Å²) in [5.41, 5.74) is 12.8. The molecule has 0 aliphatic heterocycles. The second-order valence-corrected chi connectivity index (χ2v) is 11.7. The van der Waals surface area contributed by atoms with Crippen LogP contribution in [-0.2, 0) is 25.5 Å². The second kappa shape index (κ2) is 13.2. The quantitative estimate of drug-likeness (QED) is 0.167. The minimum Gasteiger partial charge on any atom is -0.486 e. The zero-order valence-corrected chi connectivity index (χ0v) is 28.3. The van der Waals surface area contributed by atoms with E-state index in [4.69, 9.17) is 4.42 Å². The number of hydrogen-bond donors (Lipinski definition) is 0. The van der Waals surface area contributed by atoms with Crippen LogP contribution in [0.3, 0.4) is 0 Å². The average Bonchev–Trinajstić information content (AvgIpc) is 3.64. The topological polar surface area (TPSA) is 38.9 Å². The number of aromatic nitrogens is 2. The van der Waals surface area contributed by atoms with Crippen LogP contribution in [0.1, 0.15) is 30.7 Å². The fourth-order valence-corrected chi connectivity index (χ4v) is 6.22. The van der Waals surface area contributed by atoms with Gasteiger partial charge in [0.2, 0.25) is 0 Å². The van der Waals surface area contributed by atoms with E-state index in [1.807, 2.05) is 43.5 Å². The first-order chi connectivity index (χ1) is 22.0. The van der Waals surface area contributed by atoms with Gasteiger partial charge in [-0.05, 0) is 51.9 Å². The molecular formula is C42H32IrN2O-2. The van der Waals surface area contributed by atoms with Crippen molar-refractivity contribution < 1.29 is 24.5 Å². The van der Waals surface area contributed by atoms with Gasteiger partial charge in [-0.25, -0.2) is 0 Å². The van der Waals surface area contributed by atoms with Gasteiger partial charge in [0.1, 0.15) is 11.7 Å². The summed E-state index contributed by atoms with van der Waals surface area (Å²) in [7, 11) is 0. The van der Waals surface area contributed by atoms with Gasteiger partial charge in [0.25, 0.3) is 0 Å². The minimum atomic E-state index is -0.0681. The molecule has 0 atom stereocenters. The molecule has 0 amide bonds. The third-order valence-electron chi connectivity index (χ3n) is 8.40. The number of hydrogen-bond acceptors (Lipinski definition) is 3. The van der Waals surface area contributed by atoms with Crippen molar-refractivity contribution >= 4 is 0 Å². The predicted octanol–water partition coefficient (Wildman–Crippen LogP) is 10.6. The van der Waals surface area contributed by atoms with Crippen molar-refractivity contribution in [3.63, 3.8) is 0 Å². The van der Waals surface area contributed by atoms with E-state index >= 15 is 0 Å². The molecule has 4 heteroatoms. The van der Waals surface area contributed by atoms with Crippen LogP contribution in [0.4, 0.5) is 0 Å². The molecule has 0 saturated carbocycles. The second-order valence-electron chi connectivity index (χ2n) is 11.7. The molecule has 1 aliphatic carbocycles. The molecule has 3 nitrogen and oxygen atoms in total. The van der Waals surface area contributed by atoms with E-state index in [9.17, 15) is 0 Å². The Hall–Kier alpha value is -4.89. The summed E-state index contributed by atoms with van der Waals surface area (Å²) in [6.45, 7) is 6.43. The predicted molar refractivity (Wildman–Crippen MR) is 182 cm³/mol. The summed E-state index contributed by atoms with van der Waals surface area (Å²) in [6.07, 6.45) is 3.62. The van der Waals surface area contributed by atoms with E-state index in [-0.39, 0.29) is 25.5 Å². The van der Waals surface area contributed by atoms with E-state index in [2.05, 4.69) is 133 Å². The number of pyridine rings is 1. The van der Waals surface area contributed by atoms with E-state index < -0.39 is 0 Å². The van der Waals surface area contributed by atoms with Gasteiger partial charge in [-0.3, -0.25) is 4.98 Å². The smallest absolute Gasteiger partial charge is 0.141 e. The number of aryl methyl sites for hydroxylation is 1. The summed E-state index contributed by atoms with van der Waals surface area (Å²) in [5.74, 6) is 1.48. The molecule has 8 rings (SSSR count). The molecule has 2 aromatic heterocycles. The van der Waals surface area contributed by atoms with E-state index in [0.29, 0.717) is 5.89 Å². The van der Waals surface area contributed by atoms with Gasteiger partial charge < -0.3 is 9.40 Å². The van der Waals surface area contributed by atoms with Crippen LogP contribution in [0.2, 0.25) is 0 Å². The fraction of sp³-hybridized carbons (Fsp3) is 0.0952. The van der Waals surface area contributed by atoms with Crippen LogP contribution in [0.5, 0.6) is 0 Å². The Bertz CT molecular complexity index is 2020. The van der Waals surface area contributed by atoms with Crippen molar-refractivity contribution in [1.29, 1.82) is 0 Å². The summed E-state index contributed by atoms with van der Waals surface area (Å²) in [6, 6.07) is 50.4. The number of oxazole rings is 1. The number of fused-ring (bicyclic) bond motifs is 3. The molecule has 2 heterocycles. The maximum absolute atomic E-state index is 5.74. The largest absolute Gasteiger partial charge is 0.486 e. The molecule has 5 aromatic carbocycles. The van der Waals surface area contributed by atoms with Gasteiger partial charge in [-0.1, -0.05) is 116 Å². The minimum absolute atomic E-state index is 0. The molecule has 227 valence electrons. The van der Waals surface area contributed by atoms with Crippen LogP contribution in [0.25, 0.3) is 56.1 Å². The summed E-state index contributed by atoms with van der Waals surface area (Å²) in [4.78, 5) is 8.93. The van der Waals surface area contributed by atoms with Crippen LogP contribution >= 0.6 is 0 Å². The molecule has 1 radical (unpaired) electrons. The van der Waals surface area contributed by atoms with Crippen molar-refractivity contribution in [3.8, 4) is 56.1 Å². The number of benzene rings is 5. The first-order valence-electron chi connectivity index (χ1n) is 15.2. The Morgan fingerprint density at radius 1 is 0.630 bits per heavy atom. The summed E-state index contributed by atoms with van der Waals surface area (Å²) < 4.78 is 5.74. The molecule has 0 fully saturated rings. The van der Waals surface area contributed by atoms with E-state index in [1.54, 1.807) is 6.20 Å². The average molecular weight is 773 g/mol. The van der Waals surface area contributed by atoms with Crippen molar-refractivity contribution in [2.45, 2.75) is 26.2 Å².